The van der Waals surface area contributed by atoms with Gasteiger partial charge in [-0.3, -0.25) is 0 Å². The van der Waals surface area contributed by atoms with Gasteiger partial charge >= 0.3 is 6.18 Å². The first kappa shape index (κ1) is 15.7. The second kappa shape index (κ2) is 7.86. The lowest BCUT2D eigenvalue weighted by Crippen LogP contribution is -2.32. The first-order valence-corrected chi connectivity index (χ1v) is 5.32. The van der Waals surface area contributed by atoms with Crippen molar-refractivity contribution < 1.29 is 17.9 Å². The molecule has 0 aromatic carbocycles. The van der Waals surface area contributed by atoms with E-state index in [0.717, 1.165) is 13.1 Å². The lowest BCUT2D eigenvalue weighted by molar-refractivity contribution is -0.174. The fourth-order valence-electron chi connectivity index (χ4n) is 1.44. The molecule has 1 atom stereocenters. The summed E-state index contributed by atoms with van der Waals surface area (Å²) in [4.78, 5) is 1.97. The summed E-state index contributed by atoms with van der Waals surface area (Å²) in [5.41, 5.74) is 0. The average molecular weight is 242 g/mol. The van der Waals surface area contributed by atoms with Gasteiger partial charge in [0.1, 0.15) is 6.61 Å². The lowest BCUT2D eigenvalue weighted by Gasteiger charge is -2.21. The molecule has 0 aliphatic heterocycles. The average Bonchev–Trinajstić information content (AvgIpc) is 2.11. The molecular weight excluding hydrogens is 221 g/mol. The molecule has 0 heterocycles. The van der Waals surface area contributed by atoms with Crippen molar-refractivity contribution in [1.29, 1.82) is 0 Å². The topological polar surface area (TPSA) is 24.5 Å². The van der Waals surface area contributed by atoms with Crippen LogP contribution in [0.25, 0.3) is 0 Å². The molecule has 0 saturated heterocycles. The summed E-state index contributed by atoms with van der Waals surface area (Å²) in [6.07, 6.45) is -4.22. The van der Waals surface area contributed by atoms with Crippen molar-refractivity contribution in [3.05, 3.63) is 0 Å². The Morgan fingerprint density at radius 3 is 2.50 bits per heavy atom. The fraction of sp³-hybridized carbons (Fsp3) is 1.00. The van der Waals surface area contributed by atoms with E-state index >= 15 is 0 Å². The number of halogens is 3. The molecule has 0 saturated carbocycles. The highest BCUT2D eigenvalue weighted by atomic mass is 19.4. The highest BCUT2D eigenvalue weighted by Gasteiger charge is 2.27. The number of likely N-dealkylation sites (N-methyl/N-ethyl adjacent to an activating group) is 1. The molecule has 1 N–H and O–H groups in total. The minimum Gasteiger partial charge on any atom is -0.371 e. The second-order valence-electron chi connectivity index (χ2n) is 4.09. The van der Waals surface area contributed by atoms with E-state index in [2.05, 4.69) is 17.0 Å². The highest BCUT2D eigenvalue weighted by Crippen LogP contribution is 2.14. The zero-order chi connectivity index (χ0) is 12.6. The van der Waals surface area contributed by atoms with E-state index in [9.17, 15) is 13.2 Å². The van der Waals surface area contributed by atoms with Gasteiger partial charge in [-0.1, -0.05) is 6.92 Å². The van der Waals surface area contributed by atoms with E-state index in [1.165, 1.54) is 0 Å². The van der Waals surface area contributed by atoms with Crippen LogP contribution < -0.4 is 5.32 Å². The van der Waals surface area contributed by atoms with Gasteiger partial charge in [-0.2, -0.15) is 13.2 Å². The van der Waals surface area contributed by atoms with Gasteiger partial charge in [0.25, 0.3) is 0 Å². The number of rotatable bonds is 8. The van der Waals surface area contributed by atoms with Crippen molar-refractivity contribution in [3.63, 3.8) is 0 Å². The summed E-state index contributed by atoms with van der Waals surface area (Å²) in [6.45, 7) is 3.30. The van der Waals surface area contributed by atoms with Crippen LogP contribution in [0.5, 0.6) is 0 Å². The number of nitrogens with one attached hydrogen (secondary N) is 1. The summed E-state index contributed by atoms with van der Waals surface area (Å²) in [6, 6.07) is 0. The van der Waals surface area contributed by atoms with E-state index in [4.69, 9.17) is 0 Å². The quantitative estimate of drug-likeness (QED) is 0.650. The summed E-state index contributed by atoms with van der Waals surface area (Å²) >= 11 is 0. The molecule has 16 heavy (non-hydrogen) atoms. The highest BCUT2D eigenvalue weighted by molar-refractivity contribution is 4.60. The zero-order valence-corrected chi connectivity index (χ0v) is 10.1. The van der Waals surface area contributed by atoms with Gasteiger partial charge in [0.05, 0.1) is 6.61 Å². The maximum Gasteiger partial charge on any atom is 0.411 e. The van der Waals surface area contributed by atoms with Gasteiger partial charge in [-0.15, -0.1) is 0 Å². The Morgan fingerprint density at radius 2 is 2.00 bits per heavy atom. The first-order valence-electron chi connectivity index (χ1n) is 5.32. The molecule has 0 bridgehead atoms. The minimum absolute atomic E-state index is 0.113. The van der Waals surface area contributed by atoms with Crippen molar-refractivity contribution in [2.45, 2.75) is 13.1 Å². The Labute approximate surface area is 94.9 Å². The maximum atomic E-state index is 11.7. The molecule has 0 spiro atoms. The third-order valence-electron chi connectivity index (χ3n) is 2.06. The van der Waals surface area contributed by atoms with Gasteiger partial charge < -0.3 is 15.0 Å². The molecule has 0 aliphatic rings. The van der Waals surface area contributed by atoms with Crippen LogP contribution in [0.3, 0.4) is 0 Å². The monoisotopic (exact) mass is 242 g/mol. The van der Waals surface area contributed by atoms with Crippen LogP contribution in [0, 0.1) is 5.92 Å². The fourth-order valence-corrected chi connectivity index (χ4v) is 1.44. The Morgan fingerprint density at radius 1 is 1.38 bits per heavy atom. The minimum atomic E-state index is -4.22. The van der Waals surface area contributed by atoms with E-state index in [1.54, 1.807) is 0 Å². The molecule has 0 aromatic rings. The van der Waals surface area contributed by atoms with Gasteiger partial charge in [0.15, 0.2) is 0 Å². The van der Waals surface area contributed by atoms with Crippen LogP contribution in [-0.2, 0) is 4.74 Å². The Balaban J connectivity index is 3.47. The first-order chi connectivity index (χ1) is 7.35. The Bertz CT molecular complexity index is 176. The predicted molar refractivity (Wildman–Crippen MR) is 57.5 cm³/mol. The number of ether oxygens (including phenoxy) is 1. The molecule has 0 aliphatic carbocycles. The van der Waals surface area contributed by atoms with Gasteiger partial charge in [0.2, 0.25) is 0 Å². The van der Waals surface area contributed by atoms with Crippen LogP contribution in [0.2, 0.25) is 0 Å². The third-order valence-corrected chi connectivity index (χ3v) is 2.06. The van der Waals surface area contributed by atoms with Crippen molar-refractivity contribution >= 4 is 0 Å². The predicted octanol–water partition coefficient (Wildman–Crippen LogP) is 1.35. The van der Waals surface area contributed by atoms with Crippen LogP contribution in [0.15, 0.2) is 0 Å². The molecule has 98 valence electrons. The number of alkyl halides is 3. The molecule has 0 rings (SSSR count). The van der Waals surface area contributed by atoms with Gasteiger partial charge in [0, 0.05) is 13.1 Å². The summed E-state index contributed by atoms with van der Waals surface area (Å²) < 4.78 is 39.8. The SMILES string of the molecule is CNCC(C)CN(C)CCOCC(F)(F)F. The molecule has 0 aromatic heterocycles. The normalized spacial score (nSPS) is 14.4. The zero-order valence-electron chi connectivity index (χ0n) is 10.1. The molecular formula is C10H21F3N2O. The smallest absolute Gasteiger partial charge is 0.371 e. The van der Waals surface area contributed by atoms with Crippen molar-refractivity contribution in [2.24, 2.45) is 5.92 Å². The Hall–Kier alpha value is -0.330. The van der Waals surface area contributed by atoms with E-state index < -0.39 is 12.8 Å². The number of nitrogens with zero attached hydrogens (tertiary/aromatic N) is 1. The summed E-state index contributed by atoms with van der Waals surface area (Å²) in [5, 5.41) is 3.05. The van der Waals surface area contributed by atoms with Gasteiger partial charge in [-0.05, 0) is 26.6 Å². The van der Waals surface area contributed by atoms with Crippen LogP contribution in [-0.4, -0.2) is 58.0 Å². The van der Waals surface area contributed by atoms with Crippen molar-refractivity contribution in [3.8, 4) is 0 Å². The summed E-state index contributed by atoms with van der Waals surface area (Å²) in [7, 11) is 3.76. The molecule has 0 amide bonds. The lowest BCUT2D eigenvalue weighted by atomic mass is 10.2. The molecule has 1 unspecified atom stereocenters. The molecule has 6 heteroatoms. The standard InChI is InChI=1S/C10H21F3N2O/c1-9(6-14-2)7-15(3)4-5-16-8-10(11,12)13/h9,14H,4-8H2,1-3H3. The Kier molecular flexibility index (Phi) is 7.70. The van der Waals surface area contributed by atoms with Crippen molar-refractivity contribution in [2.75, 3.05) is 46.9 Å². The number of hydrogen-bond acceptors (Lipinski definition) is 3. The molecule has 0 fully saturated rings. The molecule has 0 radical (unpaired) electrons. The van der Waals surface area contributed by atoms with Crippen LogP contribution >= 0.6 is 0 Å². The van der Waals surface area contributed by atoms with E-state index in [0.29, 0.717) is 12.5 Å². The largest absolute Gasteiger partial charge is 0.411 e. The van der Waals surface area contributed by atoms with E-state index in [1.807, 2.05) is 19.0 Å². The third kappa shape index (κ3) is 10.2. The van der Waals surface area contributed by atoms with Gasteiger partial charge in [-0.25, -0.2) is 0 Å². The van der Waals surface area contributed by atoms with Crippen molar-refractivity contribution in [1.82, 2.24) is 10.2 Å². The van der Waals surface area contributed by atoms with E-state index in [-0.39, 0.29) is 6.61 Å². The van der Waals surface area contributed by atoms with Crippen LogP contribution in [0.4, 0.5) is 13.2 Å². The summed E-state index contributed by atoms with van der Waals surface area (Å²) in [5.74, 6) is 0.470. The second-order valence-corrected chi connectivity index (χ2v) is 4.09. The molecule has 3 nitrogen and oxygen atoms in total. The maximum absolute atomic E-state index is 11.7. The van der Waals surface area contributed by atoms with Crippen LogP contribution in [0.1, 0.15) is 6.92 Å². The number of hydrogen-bond donors (Lipinski definition) is 1.